The quantitative estimate of drug-likeness (QED) is 0.826. The Hall–Kier alpha value is -1.50. The Morgan fingerprint density at radius 2 is 2.16 bits per heavy atom. The van der Waals surface area contributed by atoms with Crippen molar-refractivity contribution in [2.24, 2.45) is 5.73 Å². The molecule has 1 aliphatic heterocycles. The molecule has 1 atom stereocenters. The summed E-state index contributed by atoms with van der Waals surface area (Å²) in [5.41, 5.74) is 7.02. The number of hydrogen-bond acceptors (Lipinski definition) is 4. The lowest BCUT2D eigenvalue weighted by molar-refractivity contribution is -0.144. The number of thiocarbonyl (C=S) groups is 1. The smallest absolute Gasteiger partial charge is 0.258 e. The van der Waals surface area contributed by atoms with E-state index in [1.807, 2.05) is 12.1 Å². The van der Waals surface area contributed by atoms with Crippen molar-refractivity contribution in [1.29, 1.82) is 0 Å². The van der Waals surface area contributed by atoms with Crippen LogP contribution in [0.5, 0.6) is 0 Å². The molecule has 1 fully saturated rings. The zero-order chi connectivity index (χ0) is 13.8. The molecule has 1 amide bonds. The van der Waals surface area contributed by atoms with E-state index >= 15 is 0 Å². The van der Waals surface area contributed by atoms with Crippen molar-refractivity contribution in [3.8, 4) is 0 Å². The highest BCUT2D eigenvalue weighted by Gasteiger charge is 2.27. The molecule has 1 aromatic carbocycles. The van der Waals surface area contributed by atoms with E-state index in [4.69, 9.17) is 27.4 Å². The Morgan fingerprint density at radius 3 is 2.79 bits per heavy atom. The summed E-state index contributed by atoms with van der Waals surface area (Å²) in [5, 5.41) is 0. The van der Waals surface area contributed by atoms with E-state index in [-0.39, 0.29) is 17.5 Å². The van der Waals surface area contributed by atoms with Gasteiger partial charge in [0.2, 0.25) is 0 Å². The molecule has 5 nitrogen and oxygen atoms in total. The van der Waals surface area contributed by atoms with Gasteiger partial charge in [-0.25, -0.2) is 0 Å². The Bertz CT molecular complexity index is 487. The third-order valence-corrected chi connectivity index (χ3v) is 3.17. The van der Waals surface area contributed by atoms with Gasteiger partial charge in [-0.3, -0.25) is 4.79 Å². The van der Waals surface area contributed by atoms with Crippen molar-refractivity contribution in [2.45, 2.75) is 6.10 Å². The first-order chi connectivity index (χ1) is 9.11. The zero-order valence-electron chi connectivity index (χ0n) is 10.7. The molecule has 19 heavy (non-hydrogen) atoms. The highest BCUT2D eigenvalue weighted by molar-refractivity contribution is 7.80. The van der Waals surface area contributed by atoms with Crippen LogP contribution in [0.4, 0.5) is 5.69 Å². The first-order valence-corrected chi connectivity index (χ1v) is 6.38. The van der Waals surface area contributed by atoms with Crippen LogP contribution < -0.4 is 10.6 Å². The van der Waals surface area contributed by atoms with Gasteiger partial charge in [0.15, 0.2) is 6.10 Å². The molecule has 1 saturated heterocycles. The minimum atomic E-state index is -0.571. The molecule has 0 radical (unpaired) electrons. The highest BCUT2D eigenvalue weighted by Crippen LogP contribution is 2.20. The molecular weight excluding hydrogens is 264 g/mol. The van der Waals surface area contributed by atoms with Crippen LogP contribution in [0.3, 0.4) is 0 Å². The van der Waals surface area contributed by atoms with Gasteiger partial charge in [0.25, 0.3) is 5.91 Å². The zero-order valence-corrected chi connectivity index (χ0v) is 11.5. The molecule has 2 N–H and O–H groups in total. The molecule has 0 spiro atoms. The van der Waals surface area contributed by atoms with Crippen LogP contribution in [-0.2, 0) is 14.3 Å². The number of nitrogens with two attached hydrogens (primary N) is 1. The Morgan fingerprint density at radius 1 is 1.42 bits per heavy atom. The number of nitrogens with zero attached hydrogens (tertiary/aromatic N) is 1. The van der Waals surface area contributed by atoms with E-state index in [9.17, 15) is 4.79 Å². The van der Waals surface area contributed by atoms with Gasteiger partial charge in [-0.1, -0.05) is 24.4 Å². The number of amides is 1. The molecule has 0 aromatic heterocycles. The summed E-state index contributed by atoms with van der Waals surface area (Å²) in [6.45, 7) is 1.23. The van der Waals surface area contributed by atoms with Crippen molar-refractivity contribution in [3.63, 3.8) is 0 Å². The summed E-state index contributed by atoms with van der Waals surface area (Å²) in [6, 6.07) is 7.26. The predicted molar refractivity (Wildman–Crippen MR) is 76.3 cm³/mol. The SMILES string of the molecule is CN(C(=O)C1COCCO1)c1ccccc1C(N)=S. The van der Waals surface area contributed by atoms with Crippen LogP contribution >= 0.6 is 12.2 Å². The van der Waals surface area contributed by atoms with Crippen molar-refractivity contribution in [1.82, 2.24) is 0 Å². The van der Waals surface area contributed by atoms with Crippen LogP contribution in [0.1, 0.15) is 5.56 Å². The largest absolute Gasteiger partial charge is 0.389 e. The average Bonchev–Trinajstić information content (AvgIpc) is 2.46. The minimum Gasteiger partial charge on any atom is -0.389 e. The molecule has 6 heteroatoms. The molecule has 1 aromatic rings. The molecule has 0 bridgehead atoms. The number of carbonyl (C=O) groups is 1. The molecule has 1 heterocycles. The highest BCUT2D eigenvalue weighted by atomic mass is 32.1. The van der Waals surface area contributed by atoms with Crippen LogP contribution in [0.15, 0.2) is 24.3 Å². The van der Waals surface area contributed by atoms with Gasteiger partial charge >= 0.3 is 0 Å². The fourth-order valence-corrected chi connectivity index (χ4v) is 2.11. The molecule has 2 rings (SSSR count). The second-order valence-electron chi connectivity index (χ2n) is 4.21. The maximum Gasteiger partial charge on any atom is 0.258 e. The fraction of sp³-hybridized carbons (Fsp3) is 0.385. The van der Waals surface area contributed by atoms with Gasteiger partial charge in [-0.15, -0.1) is 0 Å². The third kappa shape index (κ3) is 3.09. The Labute approximate surface area is 117 Å². The van der Waals surface area contributed by atoms with E-state index in [0.717, 1.165) is 0 Å². The first kappa shape index (κ1) is 13.9. The van der Waals surface area contributed by atoms with Crippen molar-refractivity contribution in [2.75, 3.05) is 31.8 Å². The van der Waals surface area contributed by atoms with Crippen molar-refractivity contribution >= 4 is 28.8 Å². The van der Waals surface area contributed by atoms with E-state index in [1.165, 1.54) is 4.90 Å². The van der Waals surface area contributed by atoms with Gasteiger partial charge in [-0.2, -0.15) is 0 Å². The lowest BCUT2D eigenvalue weighted by atomic mass is 10.1. The first-order valence-electron chi connectivity index (χ1n) is 5.97. The number of hydrogen-bond donors (Lipinski definition) is 1. The maximum atomic E-state index is 12.3. The summed E-state index contributed by atoms with van der Waals surface area (Å²) < 4.78 is 10.6. The van der Waals surface area contributed by atoms with Crippen LogP contribution in [-0.4, -0.2) is 43.9 Å². The second kappa shape index (κ2) is 6.10. The van der Waals surface area contributed by atoms with Crippen molar-refractivity contribution < 1.29 is 14.3 Å². The standard InChI is InChI=1S/C13H16N2O3S/c1-15(13(16)11-8-17-6-7-18-11)10-5-3-2-4-9(10)12(14)19/h2-5,11H,6-8H2,1H3,(H2,14,19). The lowest BCUT2D eigenvalue weighted by Crippen LogP contribution is -2.44. The van der Waals surface area contributed by atoms with Gasteiger partial charge in [0.05, 0.1) is 25.5 Å². The minimum absolute atomic E-state index is 0.164. The number of likely N-dealkylation sites (N-methyl/N-ethyl adjacent to an activating group) is 1. The molecule has 1 aliphatic rings. The fourth-order valence-electron chi connectivity index (χ4n) is 1.94. The Balaban J connectivity index is 2.21. The molecular formula is C13H16N2O3S. The summed E-state index contributed by atoms with van der Waals surface area (Å²) in [5.74, 6) is -0.164. The maximum absolute atomic E-state index is 12.3. The van der Waals surface area contributed by atoms with Crippen molar-refractivity contribution in [3.05, 3.63) is 29.8 Å². The second-order valence-corrected chi connectivity index (χ2v) is 4.65. The van der Waals surface area contributed by atoms with Gasteiger partial charge < -0.3 is 20.1 Å². The van der Waals surface area contributed by atoms with Crippen LogP contribution in [0.25, 0.3) is 0 Å². The number of carbonyl (C=O) groups excluding carboxylic acids is 1. The monoisotopic (exact) mass is 280 g/mol. The number of ether oxygens (including phenoxy) is 2. The molecule has 102 valence electrons. The van der Waals surface area contributed by atoms with E-state index in [1.54, 1.807) is 19.2 Å². The molecule has 0 saturated carbocycles. The number of para-hydroxylation sites is 1. The van der Waals surface area contributed by atoms with Gasteiger partial charge in [0.1, 0.15) is 4.99 Å². The van der Waals surface area contributed by atoms with E-state index < -0.39 is 6.10 Å². The summed E-state index contributed by atoms with van der Waals surface area (Å²) in [4.78, 5) is 14.1. The van der Waals surface area contributed by atoms with Crippen LogP contribution in [0, 0.1) is 0 Å². The third-order valence-electron chi connectivity index (χ3n) is 2.95. The Kier molecular flexibility index (Phi) is 4.47. The topological polar surface area (TPSA) is 64.8 Å². The number of rotatable bonds is 3. The van der Waals surface area contributed by atoms with E-state index in [2.05, 4.69) is 0 Å². The summed E-state index contributed by atoms with van der Waals surface area (Å²) >= 11 is 5.00. The van der Waals surface area contributed by atoms with Gasteiger partial charge in [-0.05, 0) is 12.1 Å². The lowest BCUT2D eigenvalue weighted by Gasteiger charge is -2.27. The molecule has 1 unspecified atom stereocenters. The molecule has 0 aliphatic carbocycles. The summed E-state index contributed by atoms with van der Waals surface area (Å²) in [6.07, 6.45) is -0.571. The normalized spacial score (nSPS) is 18.9. The van der Waals surface area contributed by atoms with E-state index in [0.29, 0.717) is 24.5 Å². The predicted octanol–water partition coefficient (Wildman–Crippen LogP) is 0.699. The number of anilines is 1. The average molecular weight is 280 g/mol. The summed E-state index contributed by atoms with van der Waals surface area (Å²) in [7, 11) is 1.68. The van der Waals surface area contributed by atoms with Gasteiger partial charge in [0, 0.05) is 12.6 Å². The number of benzene rings is 1. The van der Waals surface area contributed by atoms with Crippen LogP contribution in [0.2, 0.25) is 0 Å².